The van der Waals surface area contributed by atoms with E-state index in [2.05, 4.69) is 9.97 Å². The summed E-state index contributed by atoms with van der Waals surface area (Å²) in [5, 5.41) is 10.3. The summed E-state index contributed by atoms with van der Waals surface area (Å²) in [5.74, 6) is 1.37. The van der Waals surface area contributed by atoms with Gasteiger partial charge in [0, 0.05) is 17.1 Å². The van der Waals surface area contributed by atoms with Crippen LogP contribution in [0.1, 0.15) is 17.0 Å². The van der Waals surface area contributed by atoms with Crippen molar-refractivity contribution in [3.63, 3.8) is 0 Å². The highest BCUT2D eigenvalue weighted by atomic mass is 32.2. The lowest BCUT2D eigenvalue weighted by Crippen LogP contribution is -1.93. The molecule has 0 amide bonds. The largest absolute Gasteiger partial charge is 0.504 e. The summed E-state index contributed by atoms with van der Waals surface area (Å²) in [6.45, 7) is 3.92. The van der Waals surface area contributed by atoms with E-state index in [1.54, 1.807) is 24.9 Å². The molecule has 100 valence electrons. The minimum atomic E-state index is 0.152. The lowest BCUT2D eigenvalue weighted by Gasteiger charge is -2.06. The Hall–Kier alpha value is -1.75. The number of methoxy groups -OCH3 is 1. The number of hydrogen-bond acceptors (Lipinski definition) is 5. The number of phenols is 1. The van der Waals surface area contributed by atoms with E-state index in [1.165, 1.54) is 0 Å². The molecular formula is C14H16N2O2S. The number of aromatic hydroxyl groups is 1. The zero-order chi connectivity index (χ0) is 13.8. The molecule has 0 saturated heterocycles. The number of hydrogen-bond donors (Lipinski definition) is 1. The van der Waals surface area contributed by atoms with Gasteiger partial charge in [-0.2, -0.15) is 0 Å². The molecule has 0 unspecified atom stereocenters. The van der Waals surface area contributed by atoms with E-state index in [0.717, 1.165) is 27.9 Å². The zero-order valence-corrected chi connectivity index (χ0v) is 12.0. The Morgan fingerprint density at radius 3 is 2.47 bits per heavy atom. The highest BCUT2D eigenvalue weighted by Crippen LogP contribution is 2.29. The molecule has 1 N–H and O–H groups in total. The molecule has 0 fully saturated rings. The van der Waals surface area contributed by atoms with Crippen LogP contribution >= 0.6 is 11.8 Å². The highest BCUT2D eigenvalue weighted by molar-refractivity contribution is 7.98. The molecule has 4 nitrogen and oxygen atoms in total. The van der Waals surface area contributed by atoms with Gasteiger partial charge < -0.3 is 9.84 Å². The molecule has 0 radical (unpaired) electrons. The number of benzene rings is 1. The van der Waals surface area contributed by atoms with Gasteiger partial charge in [-0.3, -0.25) is 0 Å². The number of rotatable bonds is 4. The van der Waals surface area contributed by atoms with Crippen LogP contribution in [0, 0.1) is 13.8 Å². The van der Waals surface area contributed by atoms with Gasteiger partial charge in [-0.05, 0) is 37.6 Å². The Balaban J connectivity index is 2.10. The van der Waals surface area contributed by atoms with Gasteiger partial charge >= 0.3 is 0 Å². The summed E-state index contributed by atoms with van der Waals surface area (Å²) in [7, 11) is 1.54. The van der Waals surface area contributed by atoms with Crippen molar-refractivity contribution < 1.29 is 9.84 Å². The van der Waals surface area contributed by atoms with Crippen LogP contribution in [0.25, 0.3) is 0 Å². The first kappa shape index (κ1) is 13.7. The predicted molar refractivity (Wildman–Crippen MR) is 75.7 cm³/mol. The molecule has 0 aliphatic heterocycles. The van der Waals surface area contributed by atoms with Gasteiger partial charge in [0.05, 0.1) is 7.11 Å². The normalized spacial score (nSPS) is 10.5. The summed E-state index contributed by atoms with van der Waals surface area (Å²) < 4.78 is 5.09. The van der Waals surface area contributed by atoms with Crippen molar-refractivity contribution in [2.45, 2.75) is 24.8 Å². The van der Waals surface area contributed by atoms with E-state index < -0.39 is 0 Å². The number of nitrogens with zero attached hydrogens (tertiary/aromatic N) is 2. The van der Waals surface area contributed by atoms with Gasteiger partial charge in [-0.25, -0.2) is 9.97 Å². The predicted octanol–water partition coefficient (Wildman–Crippen LogP) is 3.10. The number of ether oxygens (including phenoxy) is 1. The Morgan fingerprint density at radius 1 is 1.16 bits per heavy atom. The standard InChI is InChI=1S/C14H16N2O2S/c1-9-6-10(2)16-14(15-9)19-8-11-4-5-12(17)13(7-11)18-3/h4-7,17H,8H2,1-3H3. The molecule has 0 aliphatic rings. The molecule has 0 spiro atoms. The molecular weight excluding hydrogens is 260 g/mol. The maximum absolute atomic E-state index is 9.54. The van der Waals surface area contributed by atoms with Crippen LogP contribution in [0.3, 0.4) is 0 Å². The lowest BCUT2D eigenvalue weighted by atomic mass is 10.2. The molecule has 1 aromatic heterocycles. The fourth-order valence-corrected chi connectivity index (χ4v) is 2.61. The third kappa shape index (κ3) is 3.61. The minimum Gasteiger partial charge on any atom is -0.504 e. The molecule has 2 aromatic rings. The first-order chi connectivity index (χ1) is 9.08. The maximum atomic E-state index is 9.54. The summed E-state index contributed by atoms with van der Waals surface area (Å²) >= 11 is 1.57. The number of phenolic OH excluding ortho intramolecular Hbond substituents is 1. The SMILES string of the molecule is COc1cc(CSc2nc(C)cc(C)n2)ccc1O. The van der Waals surface area contributed by atoms with Crippen LogP contribution in [0.4, 0.5) is 0 Å². The van der Waals surface area contributed by atoms with E-state index in [0.29, 0.717) is 5.75 Å². The van der Waals surface area contributed by atoms with Crippen molar-refractivity contribution >= 4 is 11.8 Å². The Labute approximate surface area is 116 Å². The van der Waals surface area contributed by atoms with E-state index in [-0.39, 0.29) is 5.75 Å². The molecule has 2 rings (SSSR count). The van der Waals surface area contributed by atoms with E-state index in [1.807, 2.05) is 32.0 Å². The fourth-order valence-electron chi connectivity index (χ4n) is 1.72. The Morgan fingerprint density at radius 2 is 1.84 bits per heavy atom. The third-order valence-electron chi connectivity index (χ3n) is 2.57. The van der Waals surface area contributed by atoms with E-state index >= 15 is 0 Å². The van der Waals surface area contributed by atoms with Crippen molar-refractivity contribution in [2.75, 3.05) is 7.11 Å². The lowest BCUT2D eigenvalue weighted by molar-refractivity contribution is 0.373. The average Bonchev–Trinajstić information content (AvgIpc) is 2.36. The number of aryl methyl sites for hydroxylation is 2. The first-order valence-electron chi connectivity index (χ1n) is 5.89. The molecule has 0 saturated carbocycles. The molecule has 0 bridgehead atoms. The highest BCUT2D eigenvalue weighted by Gasteiger charge is 2.05. The van der Waals surface area contributed by atoms with Crippen LogP contribution in [0.15, 0.2) is 29.4 Å². The second kappa shape index (κ2) is 5.93. The summed E-state index contributed by atoms with van der Waals surface area (Å²) in [5.41, 5.74) is 3.00. The van der Waals surface area contributed by atoms with Gasteiger partial charge in [-0.15, -0.1) is 0 Å². The second-order valence-corrected chi connectivity index (χ2v) is 5.17. The minimum absolute atomic E-state index is 0.152. The molecule has 1 aromatic carbocycles. The van der Waals surface area contributed by atoms with Crippen LogP contribution in [-0.2, 0) is 5.75 Å². The fraction of sp³-hybridized carbons (Fsp3) is 0.286. The van der Waals surface area contributed by atoms with Crippen molar-refractivity contribution in [2.24, 2.45) is 0 Å². The molecule has 0 aliphatic carbocycles. The first-order valence-corrected chi connectivity index (χ1v) is 6.88. The van der Waals surface area contributed by atoms with Crippen molar-refractivity contribution in [1.82, 2.24) is 9.97 Å². The zero-order valence-electron chi connectivity index (χ0n) is 11.2. The Kier molecular flexibility index (Phi) is 4.27. The maximum Gasteiger partial charge on any atom is 0.188 e. The van der Waals surface area contributed by atoms with Crippen LogP contribution in [-0.4, -0.2) is 22.2 Å². The smallest absolute Gasteiger partial charge is 0.188 e. The topological polar surface area (TPSA) is 55.2 Å². The summed E-state index contributed by atoms with van der Waals surface area (Å²) in [6, 6.07) is 7.28. The molecule has 5 heteroatoms. The van der Waals surface area contributed by atoms with Gasteiger partial charge in [0.15, 0.2) is 16.7 Å². The summed E-state index contributed by atoms with van der Waals surface area (Å²) in [4.78, 5) is 8.76. The van der Waals surface area contributed by atoms with E-state index in [9.17, 15) is 5.11 Å². The number of aromatic nitrogens is 2. The van der Waals surface area contributed by atoms with Gasteiger partial charge in [0.2, 0.25) is 0 Å². The quantitative estimate of drug-likeness (QED) is 0.687. The Bertz CT molecular complexity index is 567. The third-order valence-corrected chi connectivity index (χ3v) is 3.49. The van der Waals surface area contributed by atoms with Gasteiger partial charge in [0.25, 0.3) is 0 Å². The van der Waals surface area contributed by atoms with Crippen LogP contribution < -0.4 is 4.74 Å². The van der Waals surface area contributed by atoms with Gasteiger partial charge in [-0.1, -0.05) is 17.8 Å². The molecule has 19 heavy (non-hydrogen) atoms. The van der Waals surface area contributed by atoms with E-state index in [4.69, 9.17) is 4.74 Å². The monoisotopic (exact) mass is 276 g/mol. The van der Waals surface area contributed by atoms with Crippen LogP contribution in [0.5, 0.6) is 11.5 Å². The second-order valence-electron chi connectivity index (χ2n) is 4.23. The van der Waals surface area contributed by atoms with Crippen molar-refractivity contribution in [3.8, 4) is 11.5 Å². The van der Waals surface area contributed by atoms with Crippen molar-refractivity contribution in [3.05, 3.63) is 41.2 Å². The van der Waals surface area contributed by atoms with Crippen molar-refractivity contribution in [1.29, 1.82) is 0 Å². The molecule has 1 heterocycles. The average molecular weight is 276 g/mol. The summed E-state index contributed by atoms with van der Waals surface area (Å²) in [6.07, 6.45) is 0. The van der Waals surface area contributed by atoms with Gasteiger partial charge in [0.1, 0.15) is 0 Å². The number of thioether (sulfide) groups is 1. The van der Waals surface area contributed by atoms with Crippen LogP contribution in [0.2, 0.25) is 0 Å². The molecule has 0 atom stereocenters.